The first kappa shape index (κ1) is 19.3. The molecule has 0 amide bonds. The Labute approximate surface area is 164 Å². The molecular weight excluding hydrogens is 360 g/mol. The molecule has 0 aliphatic carbocycles. The summed E-state index contributed by atoms with van der Waals surface area (Å²) >= 11 is 1.59. The van der Waals surface area contributed by atoms with Gasteiger partial charge in [0.15, 0.2) is 16.8 Å². The highest BCUT2D eigenvalue weighted by Gasteiger charge is 2.14. The fourth-order valence-electron chi connectivity index (χ4n) is 2.94. The molecule has 0 fully saturated rings. The van der Waals surface area contributed by atoms with Crippen LogP contribution in [0.4, 0.5) is 5.69 Å². The van der Waals surface area contributed by atoms with Gasteiger partial charge in [-0.05, 0) is 55.0 Å². The zero-order valence-electron chi connectivity index (χ0n) is 16.3. The maximum Gasteiger partial charge on any atom is 0.191 e. The number of aromatic nitrogens is 7. The second kappa shape index (κ2) is 8.98. The molecule has 2 heterocycles. The van der Waals surface area contributed by atoms with E-state index in [-0.39, 0.29) is 0 Å². The van der Waals surface area contributed by atoms with Crippen LogP contribution in [0.25, 0.3) is 11.4 Å². The summed E-state index contributed by atoms with van der Waals surface area (Å²) in [6.45, 7) is 9.27. The van der Waals surface area contributed by atoms with Crippen molar-refractivity contribution in [1.29, 1.82) is 0 Å². The molecule has 0 unspecified atom stereocenters. The Hall–Kier alpha value is -2.42. The van der Waals surface area contributed by atoms with Crippen molar-refractivity contribution >= 4 is 17.4 Å². The number of aryl methyl sites for hydroxylation is 1. The molecule has 0 aliphatic heterocycles. The molecule has 1 aromatic carbocycles. The van der Waals surface area contributed by atoms with Gasteiger partial charge >= 0.3 is 0 Å². The van der Waals surface area contributed by atoms with Crippen LogP contribution in [0.15, 0.2) is 29.4 Å². The van der Waals surface area contributed by atoms with Gasteiger partial charge in [-0.2, -0.15) is 0 Å². The Morgan fingerprint density at radius 2 is 1.74 bits per heavy atom. The number of benzene rings is 1. The van der Waals surface area contributed by atoms with Gasteiger partial charge in [0.25, 0.3) is 0 Å². The summed E-state index contributed by atoms with van der Waals surface area (Å²) in [5.74, 6) is 2.38. The maximum atomic E-state index is 4.38. The minimum atomic E-state index is 0.667. The first-order valence-corrected chi connectivity index (χ1v) is 10.3. The lowest BCUT2D eigenvalue weighted by molar-refractivity contribution is 0.564. The molecule has 2 aromatic heterocycles. The molecule has 27 heavy (non-hydrogen) atoms. The second-order valence-electron chi connectivity index (χ2n) is 6.19. The SMILES string of the molecule is CCCn1nnnc1CSc1nnc(-c2ccc(N(CC)CC)cc2)n1C. The molecule has 0 atom stereocenters. The van der Waals surface area contributed by atoms with Crippen LogP contribution in [0, 0.1) is 0 Å². The number of tetrazole rings is 1. The van der Waals surface area contributed by atoms with Crippen LogP contribution in [0.3, 0.4) is 0 Å². The summed E-state index contributed by atoms with van der Waals surface area (Å²) in [6.07, 6.45) is 1.00. The van der Waals surface area contributed by atoms with Gasteiger partial charge < -0.3 is 9.47 Å². The van der Waals surface area contributed by atoms with Crippen LogP contribution in [0.5, 0.6) is 0 Å². The minimum Gasteiger partial charge on any atom is -0.372 e. The molecule has 9 heteroatoms. The van der Waals surface area contributed by atoms with Gasteiger partial charge in [0.2, 0.25) is 0 Å². The van der Waals surface area contributed by atoms with Gasteiger partial charge in [0, 0.05) is 37.9 Å². The third kappa shape index (κ3) is 4.29. The predicted molar refractivity (Wildman–Crippen MR) is 108 cm³/mol. The molecule has 0 saturated heterocycles. The lowest BCUT2D eigenvalue weighted by Crippen LogP contribution is -2.21. The molecule has 0 spiro atoms. The summed E-state index contributed by atoms with van der Waals surface area (Å²) in [5.41, 5.74) is 2.28. The molecule has 3 aromatic rings. The van der Waals surface area contributed by atoms with Crippen molar-refractivity contribution in [2.45, 2.75) is 44.6 Å². The van der Waals surface area contributed by atoms with Crippen molar-refractivity contribution in [1.82, 2.24) is 35.0 Å². The van der Waals surface area contributed by atoms with Crippen molar-refractivity contribution in [3.63, 3.8) is 0 Å². The summed E-state index contributed by atoms with van der Waals surface area (Å²) in [6, 6.07) is 8.49. The third-order valence-electron chi connectivity index (χ3n) is 4.46. The normalized spacial score (nSPS) is 11.1. The van der Waals surface area contributed by atoms with Crippen LogP contribution in [0.1, 0.15) is 33.0 Å². The van der Waals surface area contributed by atoms with Gasteiger partial charge in [0.05, 0.1) is 5.75 Å². The highest BCUT2D eigenvalue weighted by Crippen LogP contribution is 2.26. The van der Waals surface area contributed by atoms with Crippen LogP contribution >= 0.6 is 11.8 Å². The van der Waals surface area contributed by atoms with Crippen molar-refractivity contribution in [2.75, 3.05) is 18.0 Å². The highest BCUT2D eigenvalue weighted by molar-refractivity contribution is 7.98. The summed E-state index contributed by atoms with van der Waals surface area (Å²) < 4.78 is 3.86. The second-order valence-corrected chi connectivity index (χ2v) is 7.13. The van der Waals surface area contributed by atoms with E-state index in [4.69, 9.17) is 0 Å². The van der Waals surface area contributed by atoms with Crippen molar-refractivity contribution in [3.8, 4) is 11.4 Å². The minimum absolute atomic E-state index is 0.667. The highest BCUT2D eigenvalue weighted by atomic mass is 32.2. The van der Waals surface area contributed by atoms with Gasteiger partial charge in [-0.15, -0.1) is 15.3 Å². The molecule has 0 radical (unpaired) electrons. The Bertz CT molecular complexity index is 851. The van der Waals surface area contributed by atoms with Crippen LogP contribution in [-0.2, 0) is 19.3 Å². The van der Waals surface area contributed by atoms with Crippen molar-refractivity contribution in [2.24, 2.45) is 7.05 Å². The number of thioether (sulfide) groups is 1. The Morgan fingerprint density at radius 3 is 2.41 bits per heavy atom. The first-order valence-electron chi connectivity index (χ1n) is 9.30. The number of anilines is 1. The van der Waals surface area contributed by atoms with E-state index < -0.39 is 0 Å². The van der Waals surface area contributed by atoms with Gasteiger partial charge in [0.1, 0.15) is 0 Å². The lowest BCUT2D eigenvalue weighted by atomic mass is 10.2. The van der Waals surface area contributed by atoms with Gasteiger partial charge in [-0.3, -0.25) is 0 Å². The van der Waals surface area contributed by atoms with E-state index in [0.29, 0.717) is 5.75 Å². The summed E-state index contributed by atoms with van der Waals surface area (Å²) in [5, 5.41) is 21.5. The van der Waals surface area contributed by atoms with E-state index in [1.165, 1.54) is 5.69 Å². The van der Waals surface area contributed by atoms with E-state index in [1.807, 2.05) is 16.3 Å². The standard InChI is InChI=1S/C18H26N8S/c1-5-12-26-16(19-22-23-26)13-27-18-21-20-17(24(18)4)14-8-10-15(11-9-14)25(6-2)7-3/h8-11H,5-7,12-13H2,1-4H3. The topological polar surface area (TPSA) is 77.5 Å². The summed E-state index contributed by atoms with van der Waals surface area (Å²) in [7, 11) is 1.99. The first-order chi connectivity index (χ1) is 13.2. The van der Waals surface area contributed by atoms with E-state index in [2.05, 4.69) is 75.7 Å². The number of nitrogens with zero attached hydrogens (tertiary/aromatic N) is 8. The number of hydrogen-bond donors (Lipinski definition) is 0. The predicted octanol–water partition coefficient (Wildman–Crippen LogP) is 3.02. The van der Waals surface area contributed by atoms with E-state index in [9.17, 15) is 0 Å². The zero-order chi connectivity index (χ0) is 19.2. The van der Waals surface area contributed by atoms with Gasteiger partial charge in [-0.1, -0.05) is 18.7 Å². The molecule has 0 N–H and O–H groups in total. The molecule has 0 aliphatic rings. The fourth-order valence-corrected chi connectivity index (χ4v) is 3.79. The third-order valence-corrected chi connectivity index (χ3v) is 5.48. The molecule has 0 saturated carbocycles. The zero-order valence-corrected chi connectivity index (χ0v) is 17.1. The monoisotopic (exact) mass is 386 g/mol. The maximum absolute atomic E-state index is 4.38. The van der Waals surface area contributed by atoms with Crippen molar-refractivity contribution in [3.05, 3.63) is 30.1 Å². The van der Waals surface area contributed by atoms with Crippen LogP contribution in [-0.4, -0.2) is 48.1 Å². The average molecular weight is 387 g/mol. The number of hydrogen-bond acceptors (Lipinski definition) is 7. The lowest BCUT2D eigenvalue weighted by Gasteiger charge is -2.21. The van der Waals surface area contributed by atoms with E-state index in [1.54, 1.807) is 11.8 Å². The molecule has 0 bridgehead atoms. The fraction of sp³-hybridized carbons (Fsp3) is 0.500. The molecule has 144 valence electrons. The quantitative estimate of drug-likeness (QED) is 0.523. The molecule has 3 rings (SSSR count). The van der Waals surface area contributed by atoms with Crippen LogP contribution < -0.4 is 4.90 Å². The van der Waals surface area contributed by atoms with Crippen LogP contribution in [0.2, 0.25) is 0 Å². The number of rotatable bonds is 9. The van der Waals surface area contributed by atoms with E-state index in [0.717, 1.165) is 48.4 Å². The van der Waals surface area contributed by atoms with Gasteiger partial charge in [-0.25, -0.2) is 4.68 Å². The molecular formula is C18H26N8S. The van der Waals surface area contributed by atoms with E-state index >= 15 is 0 Å². The van der Waals surface area contributed by atoms with Crippen molar-refractivity contribution < 1.29 is 0 Å². The smallest absolute Gasteiger partial charge is 0.191 e. The Balaban J connectivity index is 1.72. The Kier molecular flexibility index (Phi) is 6.44. The Morgan fingerprint density at radius 1 is 1.00 bits per heavy atom. The largest absolute Gasteiger partial charge is 0.372 e. The molecule has 8 nitrogen and oxygen atoms in total. The average Bonchev–Trinajstić information content (AvgIpc) is 3.28. The summed E-state index contributed by atoms with van der Waals surface area (Å²) in [4.78, 5) is 2.32.